The van der Waals surface area contributed by atoms with E-state index in [1.807, 2.05) is 13.8 Å². The van der Waals surface area contributed by atoms with Crippen molar-refractivity contribution in [3.8, 4) is 0 Å². The number of nitrogens with one attached hydrogen (secondary N) is 2. The van der Waals surface area contributed by atoms with Crippen LogP contribution < -0.4 is 10.6 Å². The van der Waals surface area contributed by atoms with E-state index in [0.29, 0.717) is 6.54 Å². The molecule has 0 spiro atoms. The van der Waals surface area contributed by atoms with E-state index in [-0.39, 0.29) is 28.5 Å². The molecule has 0 bridgehead atoms. The third-order valence-electron chi connectivity index (χ3n) is 2.46. The molecule has 0 saturated carbocycles. The summed E-state index contributed by atoms with van der Waals surface area (Å²) in [6, 6.07) is 3.86. The predicted octanol–water partition coefficient (Wildman–Crippen LogP) is 3.79. The third kappa shape index (κ3) is 5.50. The summed E-state index contributed by atoms with van der Waals surface area (Å²) in [6.45, 7) is 4.37. The second-order valence-electron chi connectivity index (χ2n) is 4.60. The minimum Gasteiger partial charge on any atom is -0.326 e. The maximum absolute atomic E-state index is 12.7. The van der Waals surface area contributed by atoms with Crippen molar-refractivity contribution in [2.24, 2.45) is 0 Å². The summed E-state index contributed by atoms with van der Waals surface area (Å²) in [5, 5.41) is 5.51. The SMILES string of the molecule is CC(C)NCCC(=O)Nc1ccc(Br)c(C(F)(F)F)c1. The summed E-state index contributed by atoms with van der Waals surface area (Å²) in [7, 11) is 0. The molecule has 0 aliphatic carbocycles. The highest BCUT2D eigenvalue weighted by atomic mass is 79.9. The molecule has 3 nitrogen and oxygen atoms in total. The van der Waals surface area contributed by atoms with E-state index in [9.17, 15) is 18.0 Å². The number of anilines is 1. The van der Waals surface area contributed by atoms with E-state index in [1.165, 1.54) is 12.1 Å². The van der Waals surface area contributed by atoms with Crippen molar-refractivity contribution in [1.29, 1.82) is 0 Å². The van der Waals surface area contributed by atoms with Crippen LogP contribution in [0.15, 0.2) is 22.7 Å². The van der Waals surface area contributed by atoms with E-state index in [1.54, 1.807) is 0 Å². The minimum atomic E-state index is -4.46. The highest BCUT2D eigenvalue weighted by molar-refractivity contribution is 9.10. The van der Waals surface area contributed by atoms with Crippen molar-refractivity contribution < 1.29 is 18.0 Å². The fourth-order valence-corrected chi connectivity index (χ4v) is 1.99. The number of carbonyl (C=O) groups excluding carboxylic acids is 1. The molecule has 0 aliphatic heterocycles. The Morgan fingerprint density at radius 2 is 2.00 bits per heavy atom. The summed E-state index contributed by atoms with van der Waals surface area (Å²) in [5.41, 5.74) is -0.675. The van der Waals surface area contributed by atoms with E-state index in [0.717, 1.165) is 6.07 Å². The van der Waals surface area contributed by atoms with Crippen molar-refractivity contribution in [3.63, 3.8) is 0 Å². The first-order valence-corrected chi connectivity index (χ1v) is 6.89. The first-order valence-electron chi connectivity index (χ1n) is 6.10. The highest BCUT2D eigenvalue weighted by Gasteiger charge is 2.33. The molecule has 0 radical (unpaired) electrons. The van der Waals surface area contributed by atoms with Gasteiger partial charge in [0, 0.05) is 29.2 Å². The van der Waals surface area contributed by atoms with Gasteiger partial charge in [0.05, 0.1) is 5.56 Å². The average molecular weight is 353 g/mol. The van der Waals surface area contributed by atoms with Crippen LogP contribution in [0.5, 0.6) is 0 Å². The van der Waals surface area contributed by atoms with Crippen LogP contribution in [-0.4, -0.2) is 18.5 Å². The quantitative estimate of drug-likeness (QED) is 0.846. The van der Waals surface area contributed by atoms with Gasteiger partial charge in [-0.1, -0.05) is 29.8 Å². The standard InChI is InChI=1S/C13H16BrF3N2O/c1-8(2)18-6-5-12(20)19-9-3-4-11(14)10(7-9)13(15,16)17/h3-4,7-8,18H,5-6H2,1-2H3,(H,19,20). The van der Waals surface area contributed by atoms with Crippen LogP contribution in [0.2, 0.25) is 0 Å². The normalized spacial score (nSPS) is 11.8. The van der Waals surface area contributed by atoms with Crippen molar-refractivity contribution in [3.05, 3.63) is 28.2 Å². The molecule has 1 rings (SSSR count). The molecule has 0 unspecified atom stereocenters. The summed E-state index contributed by atoms with van der Waals surface area (Å²) in [6.07, 6.45) is -4.26. The van der Waals surface area contributed by atoms with Gasteiger partial charge in [0.15, 0.2) is 0 Å². The van der Waals surface area contributed by atoms with E-state index in [4.69, 9.17) is 0 Å². The molecule has 0 aliphatic rings. The predicted molar refractivity (Wildman–Crippen MR) is 75.5 cm³/mol. The Morgan fingerprint density at radius 1 is 1.35 bits per heavy atom. The number of hydrogen-bond acceptors (Lipinski definition) is 2. The van der Waals surface area contributed by atoms with Crippen LogP contribution in [0.1, 0.15) is 25.8 Å². The molecule has 0 heterocycles. The van der Waals surface area contributed by atoms with Gasteiger partial charge >= 0.3 is 6.18 Å². The summed E-state index contributed by atoms with van der Waals surface area (Å²) in [4.78, 5) is 11.6. The number of hydrogen-bond donors (Lipinski definition) is 2. The van der Waals surface area contributed by atoms with Gasteiger partial charge < -0.3 is 10.6 Å². The zero-order chi connectivity index (χ0) is 15.3. The van der Waals surface area contributed by atoms with Gasteiger partial charge in [-0.2, -0.15) is 13.2 Å². The lowest BCUT2D eigenvalue weighted by Gasteiger charge is -2.12. The fraction of sp³-hybridized carbons (Fsp3) is 0.462. The monoisotopic (exact) mass is 352 g/mol. The van der Waals surface area contributed by atoms with E-state index >= 15 is 0 Å². The van der Waals surface area contributed by atoms with Crippen LogP contribution in [-0.2, 0) is 11.0 Å². The van der Waals surface area contributed by atoms with Gasteiger partial charge in [0.1, 0.15) is 0 Å². The van der Waals surface area contributed by atoms with Crippen LogP contribution in [0.25, 0.3) is 0 Å². The second kappa shape index (κ2) is 7.08. The molecule has 20 heavy (non-hydrogen) atoms. The van der Waals surface area contributed by atoms with Crippen LogP contribution in [0.4, 0.5) is 18.9 Å². The van der Waals surface area contributed by atoms with Gasteiger partial charge in [-0.15, -0.1) is 0 Å². The fourth-order valence-electron chi connectivity index (χ4n) is 1.52. The third-order valence-corrected chi connectivity index (χ3v) is 3.15. The molecule has 1 aromatic rings. The first kappa shape index (κ1) is 17.0. The second-order valence-corrected chi connectivity index (χ2v) is 5.45. The number of halogens is 4. The summed E-state index contributed by atoms with van der Waals surface area (Å²) in [5.74, 6) is -0.325. The summed E-state index contributed by atoms with van der Waals surface area (Å²) >= 11 is 2.85. The van der Waals surface area contributed by atoms with Crippen molar-refractivity contribution in [2.45, 2.75) is 32.5 Å². The van der Waals surface area contributed by atoms with Gasteiger partial charge in [-0.3, -0.25) is 4.79 Å². The zero-order valence-corrected chi connectivity index (χ0v) is 12.7. The lowest BCUT2D eigenvalue weighted by atomic mass is 10.2. The Bertz CT molecular complexity index is 475. The number of benzene rings is 1. The lowest BCUT2D eigenvalue weighted by molar-refractivity contribution is -0.138. The molecular formula is C13H16BrF3N2O. The van der Waals surface area contributed by atoms with Gasteiger partial charge in [-0.05, 0) is 18.2 Å². The Morgan fingerprint density at radius 3 is 2.55 bits per heavy atom. The van der Waals surface area contributed by atoms with Crippen molar-refractivity contribution in [2.75, 3.05) is 11.9 Å². The number of carbonyl (C=O) groups is 1. The molecule has 0 saturated heterocycles. The Balaban J connectivity index is 2.67. The first-order chi connectivity index (χ1) is 9.20. The smallest absolute Gasteiger partial charge is 0.326 e. The molecule has 1 aromatic carbocycles. The van der Waals surface area contributed by atoms with Crippen LogP contribution in [0, 0.1) is 0 Å². The highest BCUT2D eigenvalue weighted by Crippen LogP contribution is 2.36. The van der Waals surface area contributed by atoms with Crippen molar-refractivity contribution in [1.82, 2.24) is 5.32 Å². The molecular weight excluding hydrogens is 337 g/mol. The number of alkyl halides is 3. The van der Waals surface area contributed by atoms with Gasteiger partial charge in [0.25, 0.3) is 0 Å². The van der Waals surface area contributed by atoms with Crippen LogP contribution >= 0.6 is 15.9 Å². The molecule has 2 N–H and O–H groups in total. The van der Waals surface area contributed by atoms with Crippen LogP contribution in [0.3, 0.4) is 0 Å². The Labute approximate surface area is 124 Å². The van der Waals surface area contributed by atoms with Gasteiger partial charge in [0.2, 0.25) is 5.91 Å². The maximum Gasteiger partial charge on any atom is 0.417 e. The molecule has 7 heteroatoms. The van der Waals surface area contributed by atoms with Gasteiger partial charge in [-0.25, -0.2) is 0 Å². The molecule has 112 valence electrons. The average Bonchev–Trinajstić information content (AvgIpc) is 2.29. The summed E-state index contributed by atoms with van der Waals surface area (Å²) < 4.78 is 38.1. The van der Waals surface area contributed by atoms with E-state index in [2.05, 4.69) is 26.6 Å². The lowest BCUT2D eigenvalue weighted by Crippen LogP contribution is -2.27. The topological polar surface area (TPSA) is 41.1 Å². The molecule has 1 amide bonds. The largest absolute Gasteiger partial charge is 0.417 e. The zero-order valence-electron chi connectivity index (χ0n) is 11.1. The Kier molecular flexibility index (Phi) is 6.01. The molecule has 0 aromatic heterocycles. The maximum atomic E-state index is 12.7. The number of rotatable bonds is 5. The Hall–Kier alpha value is -1.08. The number of amides is 1. The molecule has 0 atom stereocenters. The molecule has 0 fully saturated rings. The van der Waals surface area contributed by atoms with E-state index < -0.39 is 11.7 Å². The van der Waals surface area contributed by atoms with Crippen molar-refractivity contribution >= 4 is 27.5 Å². The minimum absolute atomic E-state index is 0.0514.